The lowest BCUT2D eigenvalue weighted by molar-refractivity contribution is -0.387. The van der Waals surface area contributed by atoms with Crippen LogP contribution in [0, 0.1) is 15.9 Å². The minimum Gasteiger partial charge on any atom is -0.302 e. The number of nitrogens with zero attached hydrogens (tertiary/aromatic N) is 1. The Kier molecular flexibility index (Phi) is 2.03. The summed E-state index contributed by atoms with van der Waals surface area (Å²) < 4.78 is 13.0. The van der Waals surface area contributed by atoms with Crippen LogP contribution in [-0.2, 0) is 10.2 Å². The van der Waals surface area contributed by atoms with E-state index in [0.29, 0.717) is 18.4 Å². The SMILES string of the molecule is O=CC1(c2ccc(F)c([N+](=O)[O-])c2)CC1. The molecule has 5 heteroatoms. The Morgan fingerprint density at radius 2 is 2.13 bits per heavy atom. The molecule has 1 aliphatic carbocycles. The van der Waals surface area contributed by atoms with Gasteiger partial charge in [0.15, 0.2) is 0 Å². The van der Waals surface area contributed by atoms with Crippen molar-refractivity contribution in [2.24, 2.45) is 0 Å². The molecule has 0 unspecified atom stereocenters. The molecule has 1 aliphatic rings. The van der Waals surface area contributed by atoms with Crippen molar-refractivity contribution in [2.45, 2.75) is 18.3 Å². The zero-order chi connectivity index (χ0) is 11.1. The number of rotatable bonds is 3. The Morgan fingerprint density at radius 3 is 2.60 bits per heavy atom. The van der Waals surface area contributed by atoms with E-state index >= 15 is 0 Å². The number of nitro benzene ring substituents is 1. The first kappa shape index (κ1) is 9.76. The largest absolute Gasteiger partial charge is 0.305 e. The Hall–Kier alpha value is -1.78. The molecule has 2 rings (SSSR count). The van der Waals surface area contributed by atoms with Gasteiger partial charge < -0.3 is 4.79 Å². The minimum atomic E-state index is -0.870. The first-order valence-corrected chi connectivity index (χ1v) is 4.50. The summed E-state index contributed by atoms with van der Waals surface area (Å²) in [6.07, 6.45) is 2.14. The third-order valence-electron chi connectivity index (χ3n) is 2.73. The first-order valence-electron chi connectivity index (χ1n) is 4.50. The van der Waals surface area contributed by atoms with Gasteiger partial charge >= 0.3 is 5.69 Å². The number of hydrogen-bond donors (Lipinski definition) is 0. The molecule has 0 aromatic heterocycles. The number of halogens is 1. The highest BCUT2D eigenvalue weighted by molar-refractivity contribution is 5.73. The van der Waals surface area contributed by atoms with E-state index in [1.54, 1.807) is 0 Å². The van der Waals surface area contributed by atoms with Crippen molar-refractivity contribution < 1.29 is 14.1 Å². The lowest BCUT2D eigenvalue weighted by Gasteiger charge is -2.06. The van der Waals surface area contributed by atoms with E-state index in [1.807, 2.05) is 0 Å². The van der Waals surface area contributed by atoms with Crippen molar-refractivity contribution in [1.82, 2.24) is 0 Å². The monoisotopic (exact) mass is 209 g/mol. The molecule has 78 valence electrons. The predicted molar refractivity (Wildman–Crippen MR) is 50.0 cm³/mol. The molecule has 0 N–H and O–H groups in total. The molecular weight excluding hydrogens is 201 g/mol. The van der Waals surface area contributed by atoms with Crippen LogP contribution in [-0.4, -0.2) is 11.2 Å². The zero-order valence-electron chi connectivity index (χ0n) is 7.77. The second-order valence-electron chi connectivity index (χ2n) is 3.70. The number of carbonyl (C=O) groups excluding carboxylic acids is 1. The molecule has 0 heterocycles. The first-order chi connectivity index (χ1) is 7.09. The van der Waals surface area contributed by atoms with E-state index in [4.69, 9.17) is 0 Å². The van der Waals surface area contributed by atoms with Gasteiger partial charge in [-0.2, -0.15) is 4.39 Å². The summed E-state index contributed by atoms with van der Waals surface area (Å²) in [6.45, 7) is 0. The van der Waals surface area contributed by atoms with Gasteiger partial charge in [0.2, 0.25) is 5.82 Å². The smallest absolute Gasteiger partial charge is 0.302 e. The Balaban J connectivity index is 2.47. The average Bonchev–Trinajstić information content (AvgIpc) is 2.99. The fourth-order valence-electron chi connectivity index (χ4n) is 1.57. The van der Waals surface area contributed by atoms with E-state index in [0.717, 1.165) is 18.4 Å². The summed E-state index contributed by atoms with van der Waals surface area (Å²) >= 11 is 0. The van der Waals surface area contributed by atoms with Gasteiger partial charge in [0.1, 0.15) is 6.29 Å². The molecule has 1 fully saturated rings. The lowest BCUT2D eigenvalue weighted by Crippen LogP contribution is -2.08. The van der Waals surface area contributed by atoms with Gasteiger partial charge in [-0.1, -0.05) is 6.07 Å². The quantitative estimate of drug-likeness (QED) is 0.434. The Bertz CT molecular complexity index is 440. The standard InChI is InChI=1S/C10H8FNO3/c11-8-2-1-7(5-9(8)12(14)15)10(6-13)3-4-10/h1-2,5-6H,3-4H2. The molecule has 4 nitrogen and oxygen atoms in total. The van der Waals surface area contributed by atoms with Crippen molar-refractivity contribution in [3.63, 3.8) is 0 Å². The number of benzene rings is 1. The molecule has 0 bridgehead atoms. The molecule has 0 aliphatic heterocycles. The molecule has 0 saturated heterocycles. The number of nitro groups is 1. The molecule has 0 atom stereocenters. The molecule has 15 heavy (non-hydrogen) atoms. The minimum absolute atomic E-state index is 0.533. The van der Waals surface area contributed by atoms with Crippen LogP contribution in [0.4, 0.5) is 10.1 Å². The van der Waals surface area contributed by atoms with E-state index < -0.39 is 21.8 Å². The highest BCUT2D eigenvalue weighted by Gasteiger charge is 2.45. The van der Waals surface area contributed by atoms with E-state index in [2.05, 4.69) is 0 Å². The number of hydrogen-bond acceptors (Lipinski definition) is 3. The maximum Gasteiger partial charge on any atom is 0.305 e. The summed E-state index contributed by atoms with van der Waals surface area (Å²) in [5, 5.41) is 10.5. The van der Waals surface area contributed by atoms with Crippen LogP contribution in [0.15, 0.2) is 18.2 Å². The predicted octanol–water partition coefficient (Wildman–Crippen LogP) is 1.96. The maximum absolute atomic E-state index is 13.0. The van der Waals surface area contributed by atoms with Crippen LogP contribution in [0.1, 0.15) is 18.4 Å². The van der Waals surface area contributed by atoms with Gasteiger partial charge in [-0.05, 0) is 24.5 Å². The average molecular weight is 209 g/mol. The van der Waals surface area contributed by atoms with Crippen LogP contribution in [0.5, 0.6) is 0 Å². The van der Waals surface area contributed by atoms with Crippen molar-refractivity contribution in [1.29, 1.82) is 0 Å². The highest BCUT2D eigenvalue weighted by atomic mass is 19.1. The van der Waals surface area contributed by atoms with E-state index in [9.17, 15) is 19.3 Å². The molecule has 1 saturated carbocycles. The second-order valence-corrected chi connectivity index (χ2v) is 3.70. The second kappa shape index (κ2) is 3.12. The van der Waals surface area contributed by atoms with E-state index in [1.165, 1.54) is 6.07 Å². The summed E-state index contributed by atoms with van der Waals surface area (Å²) in [6, 6.07) is 3.62. The summed E-state index contributed by atoms with van der Waals surface area (Å²) in [5.41, 5.74) is -0.635. The summed E-state index contributed by atoms with van der Waals surface area (Å²) in [4.78, 5) is 20.5. The maximum atomic E-state index is 13.0. The molecule has 0 amide bonds. The number of carbonyl (C=O) groups is 1. The third kappa shape index (κ3) is 1.49. The molecule has 0 spiro atoms. The van der Waals surface area contributed by atoms with Gasteiger partial charge in [0.25, 0.3) is 0 Å². The topological polar surface area (TPSA) is 60.2 Å². The van der Waals surface area contributed by atoms with Crippen LogP contribution in [0.25, 0.3) is 0 Å². The Labute approximate surface area is 84.9 Å². The Morgan fingerprint density at radius 1 is 1.47 bits per heavy atom. The van der Waals surface area contributed by atoms with Gasteiger partial charge in [0.05, 0.1) is 10.3 Å². The number of aldehydes is 1. The molecule has 1 aromatic carbocycles. The van der Waals surface area contributed by atoms with Crippen LogP contribution in [0.3, 0.4) is 0 Å². The molecular formula is C10H8FNO3. The van der Waals surface area contributed by atoms with Gasteiger partial charge in [0, 0.05) is 6.07 Å². The lowest BCUT2D eigenvalue weighted by atomic mass is 9.97. The highest BCUT2D eigenvalue weighted by Crippen LogP contribution is 2.47. The fraction of sp³-hybridized carbons (Fsp3) is 0.300. The van der Waals surface area contributed by atoms with Crippen LogP contribution < -0.4 is 0 Å². The van der Waals surface area contributed by atoms with Gasteiger partial charge in [-0.3, -0.25) is 10.1 Å². The van der Waals surface area contributed by atoms with Crippen molar-refractivity contribution >= 4 is 12.0 Å². The van der Waals surface area contributed by atoms with Crippen molar-refractivity contribution in [3.05, 3.63) is 39.7 Å². The summed E-state index contributed by atoms with van der Waals surface area (Å²) in [7, 11) is 0. The van der Waals surface area contributed by atoms with Crippen LogP contribution >= 0.6 is 0 Å². The third-order valence-corrected chi connectivity index (χ3v) is 2.73. The van der Waals surface area contributed by atoms with Gasteiger partial charge in [-0.15, -0.1) is 0 Å². The van der Waals surface area contributed by atoms with E-state index in [-0.39, 0.29) is 0 Å². The van der Waals surface area contributed by atoms with Crippen molar-refractivity contribution in [3.8, 4) is 0 Å². The molecule has 1 aromatic rings. The summed E-state index contributed by atoms with van der Waals surface area (Å²) in [5.74, 6) is -0.870. The van der Waals surface area contributed by atoms with Crippen molar-refractivity contribution in [2.75, 3.05) is 0 Å². The zero-order valence-corrected chi connectivity index (χ0v) is 7.77. The normalized spacial score (nSPS) is 17.1. The molecule has 0 radical (unpaired) electrons. The fourth-order valence-corrected chi connectivity index (χ4v) is 1.57. The van der Waals surface area contributed by atoms with Gasteiger partial charge in [-0.25, -0.2) is 0 Å². The van der Waals surface area contributed by atoms with Crippen LogP contribution in [0.2, 0.25) is 0 Å².